The third-order valence-corrected chi connectivity index (χ3v) is 6.65. The predicted molar refractivity (Wildman–Crippen MR) is 101 cm³/mol. The summed E-state index contributed by atoms with van der Waals surface area (Å²) < 4.78 is 34.1. The van der Waals surface area contributed by atoms with Crippen LogP contribution in [0, 0.1) is 11.8 Å². The topological polar surface area (TPSA) is 46.6 Å². The van der Waals surface area contributed by atoms with Crippen LogP contribution in [0.4, 0.5) is 0 Å². The summed E-state index contributed by atoms with van der Waals surface area (Å²) in [5.74, 6) is 1.52. The summed E-state index contributed by atoms with van der Waals surface area (Å²) in [6.07, 6.45) is 1.99. The largest absolute Gasteiger partial charge is 0.493 e. The lowest BCUT2D eigenvalue weighted by Crippen LogP contribution is -2.42. The van der Waals surface area contributed by atoms with Gasteiger partial charge in [0, 0.05) is 23.9 Å². The van der Waals surface area contributed by atoms with E-state index in [1.54, 1.807) is 16.4 Å². The van der Waals surface area contributed by atoms with Crippen molar-refractivity contribution in [3.05, 3.63) is 36.4 Å². The Labute approximate surface area is 150 Å². The van der Waals surface area contributed by atoms with Gasteiger partial charge in [0.1, 0.15) is 5.75 Å². The molecule has 0 aromatic heterocycles. The number of nitrogens with zero attached hydrogens (tertiary/aromatic N) is 1. The molecule has 0 unspecified atom stereocenters. The van der Waals surface area contributed by atoms with E-state index >= 15 is 0 Å². The van der Waals surface area contributed by atoms with E-state index in [1.807, 2.05) is 24.3 Å². The number of rotatable bonds is 5. The Balaban J connectivity index is 2.06. The lowest BCUT2D eigenvalue weighted by Gasteiger charge is -2.34. The molecule has 5 heteroatoms. The van der Waals surface area contributed by atoms with Crippen molar-refractivity contribution >= 4 is 20.8 Å². The molecule has 0 amide bonds. The van der Waals surface area contributed by atoms with Crippen LogP contribution in [0.25, 0.3) is 10.8 Å². The van der Waals surface area contributed by atoms with Crippen LogP contribution in [0.3, 0.4) is 0 Å². The molecule has 2 atom stereocenters. The van der Waals surface area contributed by atoms with Gasteiger partial charge in [-0.25, -0.2) is 8.42 Å². The first-order valence-electron chi connectivity index (χ1n) is 9.08. The van der Waals surface area contributed by atoms with E-state index in [0.29, 0.717) is 36.4 Å². The third kappa shape index (κ3) is 3.67. The average Bonchev–Trinajstić information content (AvgIpc) is 2.58. The van der Waals surface area contributed by atoms with Crippen molar-refractivity contribution in [2.75, 3.05) is 19.7 Å². The number of ether oxygens (including phenoxy) is 1. The molecule has 2 aromatic rings. The highest BCUT2D eigenvalue weighted by Gasteiger charge is 2.32. The fourth-order valence-electron chi connectivity index (χ4n) is 3.75. The van der Waals surface area contributed by atoms with Gasteiger partial charge in [0.05, 0.1) is 11.5 Å². The number of hydrogen-bond donors (Lipinski definition) is 0. The van der Waals surface area contributed by atoms with Gasteiger partial charge in [-0.3, -0.25) is 0 Å². The molecule has 0 aliphatic carbocycles. The maximum absolute atomic E-state index is 13.3. The second kappa shape index (κ2) is 7.34. The molecule has 1 heterocycles. The Hall–Kier alpha value is -1.59. The summed E-state index contributed by atoms with van der Waals surface area (Å²) in [7, 11) is -3.51. The summed E-state index contributed by atoms with van der Waals surface area (Å²) in [6.45, 7) is 8.11. The van der Waals surface area contributed by atoms with Crippen molar-refractivity contribution in [2.45, 2.75) is 38.5 Å². The van der Waals surface area contributed by atoms with Crippen LogP contribution in [-0.4, -0.2) is 32.4 Å². The molecule has 0 radical (unpaired) electrons. The van der Waals surface area contributed by atoms with Crippen molar-refractivity contribution in [2.24, 2.45) is 11.8 Å². The second-order valence-corrected chi connectivity index (χ2v) is 9.13. The maximum Gasteiger partial charge on any atom is 0.243 e. The molecular formula is C20H27NO3S. The zero-order valence-corrected chi connectivity index (χ0v) is 16.1. The molecule has 1 aliphatic rings. The van der Waals surface area contributed by atoms with Crippen molar-refractivity contribution in [1.82, 2.24) is 4.31 Å². The normalized spacial score (nSPS) is 22.2. The van der Waals surface area contributed by atoms with Gasteiger partial charge in [0.25, 0.3) is 0 Å². The number of hydrogen-bond acceptors (Lipinski definition) is 3. The van der Waals surface area contributed by atoms with Crippen LogP contribution in [0.2, 0.25) is 0 Å². The van der Waals surface area contributed by atoms with Gasteiger partial charge in [-0.15, -0.1) is 0 Å². The van der Waals surface area contributed by atoms with Crippen molar-refractivity contribution in [1.29, 1.82) is 0 Å². The highest BCUT2D eigenvalue weighted by Crippen LogP contribution is 2.34. The third-order valence-electron chi connectivity index (χ3n) is 4.76. The number of benzene rings is 2. The average molecular weight is 362 g/mol. The van der Waals surface area contributed by atoms with E-state index in [0.717, 1.165) is 29.4 Å². The number of piperidine rings is 1. The summed E-state index contributed by atoms with van der Waals surface area (Å²) >= 11 is 0. The number of fused-ring (bicyclic) bond motifs is 1. The standard InChI is InChI=1S/C20H27NO3S/c1-4-11-24-19-9-10-20(18-8-6-5-7-17(18)19)25(22,23)21-13-15(2)12-16(3)14-21/h5-10,15-16H,4,11-14H2,1-3H3/t15-,16+. The summed E-state index contributed by atoms with van der Waals surface area (Å²) in [5, 5.41) is 1.59. The molecule has 0 saturated carbocycles. The van der Waals surface area contributed by atoms with Crippen LogP contribution in [0.15, 0.2) is 41.3 Å². The van der Waals surface area contributed by atoms with Crippen LogP contribution < -0.4 is 4.74 Å². The first-order valence-corrected chi connectivity index (χ1v) is 10.5. The lowest BCUT2D eigenvalue weighted by atomic mass is 9.94. The van der Waals surface area contributed by atoms with Crippen molar-refractivity contribution < 1.29 is 13.2 Å². The fourth-order valence-corrected chi connectivity index (χ4v) is 5.62. The van der Waals surface area contributed by atoms with Gasteiger partial charge in [-0.05, 0) is 36.8 Å². The van der Waals surface area contributed by atoms with Crippen molar-refractivity contribution in [3.8, 4) is 5.75 Å². The molecule has 0 spiro atoms. The van der Waals surface area contributed by atoms with Gasteiger partial charge in [0.15, 0.2) is 0 Å². The molecule has 3 rings (SSSR count). The Morgan fingerprint density at radius 2 is 1.68 bits per heavy atom. The first kappa shape index (κ1) is 18.2. The zero-order chi connectivity index (χ0) is 18.0. The van der Waals surface area contributed by atoms with E-state index < -0.39 is 10.0 Å². The molecule has 1 fully saturated rings. The highest BCUT2D eigenvalue weighted by molar-refractivity contribution is 7.89. The molecular weight excluding hydrogens is 334 g/mol. The minimum absolute atomic E-state index is 0.383. The van der Waals surface area contributed by atoms with Gasteiger partial charge in [0.2, 0.25) is 10.0 Å². The molecule has 0 N–H and O–H groups in total. The minimum Gasteiger partial charge on any atom is -0.493 e. The maximum atomic E-state index is 13.3. The molecule has 25 heavy (non-hydrogen) atoms. The van der Waals surface area contributed by atoms with Crippen LogP contribution >= 0.6 is 0 Å². The predicted octanol–water partition coefficient (Wildman–Crippen LogP) is 4.30. The SMILES string of the molecule is CCCOc1ccc(S(=O)(=O)N2C[C@H](C)C[C@H](C)C2)c2ccccc12. The summed E-state index contributed by atoms with van der Waals surface area (Å²) in [4.78, 5) is 0.383. The van der Waals surface area contributed by atoms with Gasteiger partial charge in [-0.1, -0.05) is 45.0 Å². The Kier molecular flexibility index (Phi) is 5.35. The molecule has 1 aliphatic heterocycles. The molecule has 1 saturated heterocycles. The highest BCUT2D eigenvalue weighted by atomic mass is 32.2. The zero-order valence-electron chi connectivity index (χ0n) is 15.2. The van der Waals surface area contributed by atoms with Crippen molar-refractivity contribution in [3.63, 3.8) is 0 Å². The minimum atomic E-state index is -3.51. The number of sulfonamides is 1. The lowest BCUT2D eigenvalue weighted by molar-refractivity contribution is 0.222. The Morgan fingerprint density at radius 1 is 1.04 bits per heavy atom. The van der Waals surface area contributed by atoms with Gasteiger partial charge >= 0.3 is 0 Å². The molecule has 4 nitrogen and oxygen atoms in total. The van der Waals surface area contributed by atoms with Gasteiger partial charge in [-0.2, -0.15) is 4.31 Å². The first-order chi connectivity index (χ1) is 11.9. The van der Waals surface area contributed by atoms with E-state index in [-0.39, 0.29) is 0 Å². The Morgan fingerprint density at radius 3 is 2.32 bits per heavy atom. The molecule has 2 aromatic carbocycles. The molecule has 136 valence electrons. The summed E-state index contributed by atoms with van der Waals surface area (Å²) in [5.41, 5.74) is 0. The molecule has 0 bridgehead atoms. The van der Waals surface area contributed by atoms with E-state index in [4.69, 9.17) is 4.74 Å². The van der Waals surface area contributed by atoms with Crippen LogP contribution in [-0.2, 0) is 10.0 Å². The monoisotopic (exact) mass is 361 g/mol. The fraction of sp³-hybridized carbons (Fsp3) is 0.500. The van der Waals surface area contributed by atoms with Crippen LogP contribution in [0.1, 0.15) is 33.6 Å². The second-order valence-electron chi connectivity index (χ2n) is 7.22. The van der Waals surface area contributed by atoms with Gasteiger partial charge < -0.3 is 4.74 Å². The van der Waals surface area contributed by atoms with E-state index in [2.05, 4.69) is 20.8 Å². The Bertz CT molecular complexity index is 837. The van der Waals surface area contributed by atoms with Crippen LogP contribution in [0.5, 0.6) is 5.75 Å². The summed E-state index contributed by atoms with van der Waals surface area (Å²) in [6, 6.07) is 11.1. The smallest absolute Gasteiger partial charge is 0.243 e. The van der Waals surface area contributed by atoms with E-state index in [1.165, 1.54) is 0 Å². The van der Waals surface area contributed by atoms with E-state index in [9.17, 15) is 8.42 Å². The quantitative estimate of drug-likeness (QED) is 0.798.